The van der Waals surface area contributed by atoms with Crippen LogP contribution in [0.2, 0.25) is 0 Å². The summed E-state index contributed by atoms with van der Waals surface area (Å²) in [6.45, 7) is 4.30. The first-order valence-corrected chi connectivity index (χ1v) is 7.27. The third-order valence-corrected chi connectivity index (χ3v) is 4.39. The smallest absolute Gasteiger partial charge is 0.322 e. The van der Waals surface area contributed by atoms with Gasteiger partial charge in [0.1, 0.15) is 5.01 Å². The zero-order valence-electron chi connectivity index (χ0n) is 11.5. The highest BCUT2D eigenvalue weighted by molar-refractivity contribution is 7.08. The van der Waals surface area contributed by atoms with Crippen molar-refractivity contribution < 1.29 is 4.79 Å². The van der Waals surface area contributed by atoms with Crippen LogP contribution in [0, 0.1) is 5.92 Å². The van der Waals surface area contributed by atoms with E-state index in [-0.39, 0.29) is 16.7 Å². The number of carbonyl (C=O) groups is 1. The maximum atomic E-state index is 12.1. The fraction of sp³-hybridized carbons (Fsp3) is 0.750. The summed E-state index contributed by atoms with van der Waals surface area (Å²) in [7, 11) is 3.92. The topological polar surface area (TPSA) is 69.3 Å². The minimum atomic E-state index is -0.125. The molecule has 2 rings (SSSR count). The summed E-state index contributed by atoms with van der Waals surface area (Å²) in [5.41, 5.74) is 0. The molecule has 1 aliphatic rings. The van der Waals surface area contributed by atoms with E-state index in [9.17, 15) is 9.59 Å². The van der Waals surface area contributed by atoms with Crippen molar-refractivity contribution in [2.24, 2.45) is 5.92 Å². The standard InChI is InChI=1S/C12H20N4O2S/c1-8-6-16(10(17)4-5-15(2)3)7-9(8)11-13-14-12(18)19-11/h8-9H,4-7H2,1-3H3,(H,14,18)/t8-,9+/m1/s1. The quantitative estimate of drug-likeness (QED) is 0.866. The van der Waals surface area contributed by atoms with Crippen molar-refractivity contribution in [1.29, 1.82) is 0 Å². The highest BCUT2D eigenvalue weighted by Gasteiger charge is 2.35. The molecule has 0 aliphatic carbocycles. The van der Waals surface area contributed by atoms with E-state index in [0.29, 0.717) is 18.9 Å². The third kappa shape index (κ3) is 3.42. The average molecular weight is 284 g/mol. The molecule has 0 spiro atoms. The molecule has 1 saturated heterocycles. The summed E-state index contributed by atoms with van der Waals surface area (Å²) in [5.74, 6) is 0.723. The number of aromatic nitrogens is 2. The first-order valence-electron chi connectivity index (χ1n) is 6.45. The van der Waals surface area contributed by atoms with Crippen molar-refractivity contribution >= 4 is 17.2 Å². The minimum absolute atomic E-state index is 0.125. The first kappa shape index (κ1) is 14.2. The number of carbonyl (C=O) groups excluding carboxylic acids is 1. The number of amides is 1. The molecule has 1 aromatic heterocycles. The van der Waals surface area contributed by atoms with Gasteiger partial charge in [0, 0.05) is 32.0 Å². The van der Waals surface area contributed by atoms with Crippen LogP contribution in [0.15, 0.2) is 4.79 Å². The normalized spacial score (nSPS) is 23.3. The van der Waals surface area contributed by atoms with Crippen molar-refractivity contribution in [3.05, 3.63) is 14.7 Å². The molecule has 0 unspecified atom stereocenters. The molecule has 7 heteroatoms. The van der Waals surface area contributed by atoms with Gasteiger partial charge in [-0.3, -0.25) is 9.59 Å². The Morgan fingerprint density at radius 2 is 2.26 bits per heavy atom. The average Bonchev–Trinajstić information content (AvgIpc) is 2.92. The van der Waals surface area contributed by atoms with Crippen molar-refractivity contribution in [2.75, 3.05) is 33.7 Å². The largest absolute Gasteiger partial charge is 0.342 e. The fourth-order valence-corrected chi connectivity index (χ4v) is 3.20. The second kappa shape index (κ2) is 5.83. The number of nitrogens with zero attached hydrogens (tertiary/aromatic N) is 3. The molecule has 0 saturated carbocycles. The fourth-order valence-electron chi connectivity index (χ4n) is 2.37. The lowest BCUT2D eigenvalue weighted by molar-refractivity contribution is -0.130. The summed E-state index contributed by atoms with van der Waals surface area (Å²) in [6.07, 6.45) is 0.545. The number of hydrogen-bond donors (Lipinski definition) is 1. The molecule has 1 aliphatic heterocycles. The minimum Gasteiger partial charge on any atom is -0.342 e. The summed E-state index contributed by atoms with van der Waals surface area (Å²) < 4.78 is 0. The van der Waals surface area contributed by atoms with Crippen LogP contribution in [0.1, 0.15) is 24.3 Å². The van der Waals surface area contributed by atoms with Crippen LogP contribution in [0.5, 0.6) is 0 Å². The number of H-pyrrole nitrogens is 1. The van der Waals surface area contributed by atoms with Gasteiger partial charge in [0.05, 0.1) is 0 Å². The maximum Gasteiger partial charge on any atom is 0.322 e. The third-order valence-electron chi connectivity index (χ3n) is 3.51. The van der Waals surface area contributed by atoms with E-state index in [1.54, 1.807) is 0 Å². The molecule has 0 radical (unpaired) electrons. The van der Waals surface area contributed by atoms with Crippen LogP contribution in [0.4, 0.5) is 0 Å². The predicted molar refractivity (Wildman–Crippen MR) is 74.4 cm³/mol. The van der Waals surface area contributed by atoms with Crippen LogP contribution < -0.4 is 4.87 Å². The Kier molecular flexibility index (Phi) is 4.36. The van der Waals surface area contributed by atoms with Crippen LogP contribution in [-0.2, 0) is 4.79 Å². The van der Waals surface area contributed by atoms with E-state index in [0.717, 1.165) is 29.4 Å². The van der Waals surface area contributed by atoms with Gasteiger partial charge in [0.15, 0.2) is 0 Å². The van der Waals surface area contributed by atoms with Gasteiger partial charge in [-0.15, -0.1) is 0 Å². The van der Waals surface area contributed by atoms with Gasteiger partial charge >= 0.3 is 4.87 Å². The van der Waals surface area contributed by atoms with E-state index in [2.05, 4.69) is 17.1 Å². The summed E-state index contributed by atoms with van der Waals surface area (Å²) in [6, 6.07) is 0. The Bertz CT molecular complexity index is 496. The van der Waals surface area contributed by atoms with Crippen molar-refractivity contribution in [1.82, 2.24) is 20.0 Å². The number of nitrogens with one attached hydrogen (secondary N) is 1. The predicted octanol–water partition coefficient (Wildman–Crippen LogP) is 0.345. The second-order valence-electron chi connectivity index (χ2n) is 5.39. The molecule has 106 valence electrons. The van der Waals surface area contributed by atoms with Crippen molar-refractivity contribution in [3.63, 3.8) is 0 Å². The monoisotopic (exact) mass is 284 g/mol. The molecule has 1 N–H and O–H groups in total. The lowest BCUT2D eigenvalue weighted by Gasteiger charge is -2.17. The molecular formula is C12H20N4O2S. The van der Waals surface area contributed by atoms with E-state index in [4.69, 9.17) is 0 Å². The summed E-state index contributed by atoms with van der Waals surface area (Å²) in [4.78, 5) is 27.0. The van der Waals surface area contributed by atoms with Gasteiger partial charge in [0.25, 0.3) is 0 Å². The Morgan fingerprint density at radius 1 is 1.53 bits per heavy atom. The van der Waals surface area contributed by atoms with E-state index < -0.39 is 0 Å². The molecule has 2 atom stereocenters. The maximum absolute atomic E-state index is 12.1. The van der Waals surface area contributed by atoms with Crippen LogP contribution in [-0.4, -0.2) is 59.6 Å². The Morgan fingerprint density at radius 3 is 2.84 bits per heavy atom. The first-order chi connectivity index (χ1) is 8.97. The molecule has 0 bridgehead atoms. The number of aromatic amines is 1. The summed E-state index contributed by atoms with van der Waals surface area (Å²) >= 11 is 1.15. The molecule has 1 aromatic rings. The highest BCUT2D eigenvalue weighted by Crippen LogP contribution is 2.32. The second-order valence-corrected chi connectivity index (χ2v) is 6.38. The van der Waals surface area contributed by atoms with Crippen LogP contribution in [0.3, 0.4) is 0 Å². The van der Waals surface area contributed by atoms with E-state index >= 15 is 0 Å². The van der Waals surface area contributed by atoms with Gasteiger partial charge in [-0.25, -0.2) is 5.10 Å². The Balaban J connectivity index is 1.97. The molecule has 1 amide bonds. The van der Waals surface area contributed by atoms with E-state index in [1.807, 2.05) is 23.9 Å². The van der Waals surface area contributed by atoms with Gasteiger partial charge in [-0.05, 0) is 20.0 Å². The zero-order chi connectivity index (χ0) is 14.0. The van der Waals surface area contributed by atoms with Crippen molar-refractivity contribution in [3.8, 4) is 0 Å². The van der Waals surface area contributed by atoms with Gasteiger partial charge in [0.2, 0.25) is 5.91 Å². The summed E-state index contributed by atoms with van der Waals surface area (Å²) in [5, 5.41) is 7.32. The lowest BCUT2D eigenvalue weighted by Crippen LogP contribution is -2.31. The molecule has 2 heterocycles. The molecule has 0 aromatic carbocycles. The van der Waals surface area contributed by atoms with Gasteiger partial charge in [-0.1, -0.05) is 18.3 Å². The van der Waals surface area contributed by atoms with Crippen LogP contribution in [0.25, 0.3) is 0 Å². The molecule has 6 nitrogen and oxygen atoms in total. The lowest BCUT2D eigenvalue weighted by atomic mass is 9.99. The highest BCUT2D eigenvalue weighted by atomic mass is 32.1. The molecule has 19 heavy (non-hydrogen) atoms. The Hall–Kier alpha value is -1.21. The molecule has 1 fully saturated rings. The molecular weight excluding hydrogens is 264 g/mol. The zero-order valence-corrected chi connectivity index (χ0v) is 12.4. The number of rotatable bonds is 4. The van der Waals surface area contributed by atoms with Gasteiger partial charge < -0.3 is 9.80 Å². The van der Waals surface area contributed by atoms with Gasteiger partial charge in [-0.2, -0.15) is 5.10 Å². The van der Waals surface area contributed by atoms with Crippen molar-refractivity contribution in [2.45, 2.75) is 19.3 Å². The van der Waals surface area contributed by atoms with E-state index in [1.165, 1.54) is 0 Å². The Labute approximate surface area is 116 Å². The SMILES string of the molecule is C[C@@H]1CN(C(=O)CCN(C)C)C[C@@H]1c1n[nH]c(=O)s1. The number of hydrogen-bond acceptors (Lipinski definition) is 5. The van der Waals surface area contributed by atoms with Crippen LogP contribution >= 0.6 is 11.3 Å². The number of likely N-dealkylation sites (tertiary alicyclic amines) is 1.